The highest BCUT2D eigenvalue weighted by molar-refractivity contribution is 5.90. The van der Waals surface area contributed by atoms with E-state index in [2.05, 4.69) is 20.5 Å². The van der Waals surface area contributed by atoms with Gasteiger partial charge < -0.3 is 16.2 Å². The van der Waals surface area contributed by atoms with Crippen LogP contribution in [0.4, 0.5) is 5.95 Å². The summed E-state index contributed by atoms with van der Waals surface area (Å²) >= 11 is 0. The summed E-state index contributed by atoms with van der Waals surface area (Å²) in [5.74, 6) is -1.50. The van der Waals surface area contributed by atoms with Gasteiger partial charge in [-0.1, -0.05) is 6.92 Å². The SMILES string of the molecule is CC(CNC(=O)c1nc(N)n[nH]1)CC(=O)O. The van der Waals surface area contributed by atoms with Gasteiger partial charge in [0.1, 0.15) is 0 Å². The fraction of sp³-hybridized carbons (Fsp3) is 0.500. The van der Waals surface area contributed by atoms with Gasteiger partial charge in [-0.05, 0) is 5.92 Å². The zero-order chi connectivity index (χ0) is 12.1. The van der Waals surface area contributed by atoms with Gasteiger partial charge in [0.25, 0.3) is 5.91 Å². The molecule has 0 aromatic carbocycles. The molecule has 0 aliphatic carbocycles. The van der Waals surface area contributed by atoms with E-state index in [1.165, 1.54) is 0 Å². The normalized spacial score (nSPS) is 12.1. The van der Waals surface area contributed by atoms with Gasteiger partial charge in [0.05, 0.1) is 0 Å². The summed E-state index contributed by atoms with van der Waals surface area (Å²) < 4.78 is 0. The summed E-state index contributed by atoms with van der Waals surface area (Å²) in [7, 11) is 0. The summed E-state index contributed by atoms with van der Waals surface area (Å²) in [6.45, 7) is 1.98. The molecule has 8 heteroatoms. The number of nitrogens with two attached hydrogens (primary N) is 1. The number of amides is 1. The van der Waals surface area contributed by atoms with Crippen LogP contribution in [0, 0.1) is 5.92 Å². The summed E-state index contributed by atoms with van der Waals surface area (Å²) in [5, 5.41) is 16.9. The molecule has 1 heterocycles. The number of carbonyl (C=O) groups is 2. The molecular weight excluding hydrogens is 214 g/mol. The zero-order valence-corrected chi connectivity index (χ0v) is 8.73. The van der Waals surface area contributed by atoms with Crippen molar-refractivity contribution in [3.05, 3.63) is 5.82 Å². The minimum Gasteiger partial charge on any atom is -0.481 e. The highest BCUT2D eigenvalue weighted by atomic mass is 16.4. The second kappa shape index (κ2) is 5.10. The molecule has 1 rings (SSSR count). The number of nitrogens with one attached hydrogen (secondary N) is 2. The molecule has 1 atom stereocenters. The van der Waals surface area contributed by atoms with Crippen molar-refractivity contribution in [1.29, 1.82) is 0 Å². The number of H-pyrrole nitrogens is 1. The van der Waals surface area contributed by atoms with Crippen molar-refractivity contribution in [2.24, 2.45) is 5.92 Å². The number of carboxylic acid groups (broad SMARTS) is 1. The Hall–Kier alpha value is -2.12. The number of hydrogen-bond donors (Lipinski definition) is 4. The first-order valence-electron chi connectivity index (χ1n) is 4.67. The molecule has 0 aliphatic heterocycles. The number of rotatable bonds is 5. The number of aromatic amines is 1. The van der Waals surface area contributed by atoms with Crippen molar-refractivity contribution < 1.29 is 14.7 Å². The number of carbonyl (C=O) groups excluding carboxylic acids is 1. The second-order valence-corrected chi connectivity index (χ2v) is 3.46. The van der Waals surface area contributed by atoms with Crippen LogP contribution in [0.15, 0.2) is 0 Å². The Morgan fingerprint density at radius 3 is 2.81 bits per heavy atom. The molecule has 88 valence electrons. The lowest BCUT2D eigenvalue weighted by Crippen LogP contribution is -2.30. The van der Waals surface area contributed by atoms with Crippen LogP contribution in [0.5, 0.6) is 0 Å². The highest BCUT2D eigenvalue weighted by Gasteiger charge is 2.13. The number of carboxylic acids is 1. The van der Waals surface area contributed by atoms with Crippen LogP contribution in [-0.2, 0) is 4.79 Å². The standard InChI is InChI=1S/C8H13N5O3/c1-4(2-5(14)15)3-10-7(16)6-11-8(9)13-12-6/h4H,2-3H2,1H3,(H,10,16)(H,14,15)(H3,9,11,12,13). The number of hydrogen-bond acceptors (Lipinski definition) is 5. The zero-order valence-electron chi connectivity index (χ0n) is 8.73. The smallest absolute Gasteiger partial charge is 0.303 e. The first kappa shape index (κ1) is 12.0. The summed E-state index contributed by atoms with van der Waals surface area (Å²) in [4.78, 5) is 25.4. The third-order valence-corrected chi connectivity index (χ3v) is 1.85. The molecule has 0 aliphatic rings. The lowest BCUT2D eigenvalue weighted by atomic mass is 10.1. The predicted molar refractivity (Wildman–Crippen MR) is 54.5 cm³/mol. The van der Waals surface area contributed by atoms with Crippen molar-refractivity contribution in [1.82, 2.24) is 20.5 Å². The third kappa shape index (κ3) is 3.56. The number of anilines is 1. The Labute approximate surface area is 91.2 Å². The van der Waals surface area contributed by atoms with Crippen molar-refractivity contribution in [3.63, 3.8) is 0 Å². The fourth-order valence-corrected chi connectivity index (χ4v) is 1.10. The molecule has 0 saturated carbocycles. The van der Waals surface area contributed by atoms with Crippen LogP contribution >= 0.6 is 0 Å². The topological polar surface area (TPSA) is 134 Å². The van der Waals surface area contributed by atoms with Gasteiger partial charge in [0.2, 0.25) is 11.8 Å². The molecule has 0 spiro atoms. The molecule has 0 fully saturated rings. The molecule has 5 N–H and O–H groups in total. The molecular formula is C8H13N5O3. The number of aromatic nitrogens is 3. The van der Waals surface area contributed by atoms with Gasteiger partial charge in [0, 0.05) is 13.0 Å². The average Bonchev–Trinajstić information content (AvgIpc) is 2.60. The molecule has 0 radical (unpaired) electrons. The van der Waals surface area contributed by atoms with E-state index in [1.54, 1.807) is 6.92 Å². The van der Waals surface area contributed by atoms with E-state index in [-0.39, 0.29) is 30.7 Å². The Morgan fingerprint density at radius 1 is 1.62 bits per heavy atom. The number of nitrogens with zero attached hydrogens (tertiary/aromatic N) is 2. The minimum atomic E-state index is -0.898. The van der Waals surface area contributed by atoms with Gasteiger partial charge >= 0.3 is 5.97 Å². The summed E-state index contributed by atoms with van der Waals surface area (Å²) in [6.07, 6.45) is -0.00117. The molecule has 1 unspecified atom stereocenters. The van der Waals surface area contributed by atoms with Gasteiger partial charge in [-0.15, -0.1) is 5.10 Å². The van der Waals surface area contributed by atoms with Crippen LogP contribution in [0.2, 0.25) is 0 Å². The second-order valence-electron chi connectivity index (χ2n) is 3.46. The van der Waals surface area contributed by atoms with Crippen molar-refractivity contribution >= 4 is 17.8 Å². The van der Waals surface area contributed by atoms with Crippen LogP contribution in [-0.4, -0.2) is 38.7 Å². The molecule has 0 bridgehead atoms. The Morgan fingerprint density at radius 2 is 2.31 bits per heavy atom. The summed E-state index contributed by atoms with van der Waals surface area (Å²) in [6, 6.07) is 0. The Balaban J connectivity index is 2.38. The lowest BCUT2D eigenvalue weighted by molar-refractivity contribution is -0.137. The molecule has 0 saturated heterocycles. The largest absolute Gasteiger partial charge is 0.481 e. The Kier molecular flexibility index (Phi) is 3.81. The van der Waals surface area contributed by atoms with Crippen LogP contribution < -0.4 is 11.1 Å². The van der Waals surface area contributed by atoms with E-state index in [0.29, 0.717) is 0 Å². The third-order valence-electron chi connectivity index (χ3n) is 1.85. The molecule has 1 amide bonds. The monoisotopic (exact) mass is 227 g/mol. The van der Waals surface area contributed by atoms with Gasteiger partial charge in [-0.3, -0.25) is 14.7 Å². The average molecular weight is 227 g/mol. The van der Waals surface area contributed by atoms with Crippen LogP contribution in [0.25, 0.3) is 0 Å². The fourth-order valence-electron chi connectivity index (χ4n) is 1.10. The van der Waals surface area contributed by atoms with Crippen LogP contribution in [0.1, 0.15) is 24.0 Å². The van der Waals surface area contributed by atoms with E-state index < -0.39 is 11.9 Å². The lowest BCUT2D eigenvalue weighted by Gasteiger charge is -2.08. The maximum absolute atomic E-state index is 11.4. The van der Waals surface area contributed by atoms with Gasteiger partial charge in [-0.25, -0.2) is 0 Å². The summed E-state index contributed by atoms with van der Waals surface area (Å²) in [5.41, 5.74) is 5.23. The van der Waals surface area contributed by atoms with E-state index >= 15 is 0 Å². The van der Waals surface area contributed by atoms with Crippen LogP contribution in [0.3, 0.4) is 0 Å². The van der Waals surface area contributed by atoms with Gasteiger partial charge in [-0.2, -0.15) is 4.98 Å². The first-order valence-corrected chi connectivity index (χ1v) is 4.67. The number of aliphatic carboxylic acids is 1. The minimum absolute atomic E-state index is 0.00117. The molecule has 1 aromatic rings. The van der Waals surface area contributed by atoms with E-state index in [0.717, 1.165) is 0 Å². The van der Waals surface area contributed by atoms with E-state index in [1.807, 2.05) is 0 Å². The van der Waals surface area contributed by atoms with Gasteiger partial charge in [0.15, 0.2) is 0 Å². The highest BCUT2D eigenvalue weighted by Crippen LogP contribution is 2.00. The molecule has 8 nitrogen and oxygen atoms in total. The van der Waals surface area contributed by atoms with Crippen molar-refractivity contribution in [2.45, 2.75) is 13.3 Å². The Bertz CT molecular complexity index is 389. The number of nitrogen functional groups attached to an aromatic ring is 1. The van der Waals surface area contributed by atoms with E-state index in [4.69, 9.17) is 10.8 Å². The quantitative estimate of drug-likeness (QED) is 0.521. The molecule has 1 aromatic heterocycles. The van der Waals surface area contributed by atoms with E-state index in [9.17, 15) is 9.59 Å². The first-order chi connectivity index (χ1) is 7.49. The van der Waals surface area contributed by atoms with Crippen molar-refractivity contribution in [3.8, 4) is 0 Å². The maximum Gasteiger partial charge on any atom is 0.303 e. The molecule has 16 heavy (non-hydrogen) atoms. The van der Waals surface area contributed by atoms with Crippen molar-refractivity contribution in [2.75, 3.05) is 12.3 Å². The maximum atomic E-state index is 11.4. The predicted octanol–water partition coefficient (Wildman–Crippen LogP) is -0.772.